The maximum absolute atomic E-state index is 13.1. The van der Waals surface area contributed by atoms with Gasteiger partial charge in [-0.2, -0.15) is 0 Å². The molecule has 0 aromatic heterocycles. The Hall–Kier alpha value is -3.31. The van der Waals surface area contributed by atoms with Crippen LogP contribution >= 0.6 is 11.6 Å². The van der Waals surface area contributed by atoms with Crippen LogP contribution in [0.3, 0.4) is 0 Å². The first kappa shape index (κ1) is 25.3. The fourth-order valence-corrected chi connectivity index (χ4v) is 3.59. The first-order valence-corrected chi connectivity index (χ1v) is 12.0. The van der Waals surface area contributed by atoms with Gasteiger partial charge in [-0.05, 0) is 47.4 Å². The highest BCUT2D eigenvalue weighted by Gasteiger charge is 2.22. The molecule has 2 amide bonds. The maximum atomic E-state index is 13.1. The van der Waals surface area contributed by atoms with Gasteiger partial charge in [-0.3, -0.25) is 9.59 Å². The quantitative estimate of drug-likeness (QED) is 0.315. The summed E-state index contributed by atoms with van der Waals surface area (Å²) in [4.78, 5) is 25.6. The average Bonchev–Trinajstić information content (AvgIpc) is 2.87. The summed E-state index contributed by atoms with van der Waals surface area (Å²) >= 11 is 5.94. The molecule has 178 valence electrons. The lowest BCUT2D eigenvalue weighted by atomic mass is 10.0. The molecule has 34 heavy (non-hydrogen) atoms. The third-order valence-electron chi connectivity index (χ3n) is 5.42. The molecule has 0 bridgehead atoms. The first-order valence-electron chi connectivity index (χ1n) is 11.6. The van der Waals surface area contributed by atoms with Gasteiger partial charge in [-0.15, -0.1) is 0 Å². The van der Waals surface area contributed by atoms with Crippen LogP contribution in [0.25, 0.3) is 0 Å². The molecule has 3 aromatic carbocycles. The van der Waals surface area contributed by atoms with Crippen LogP contribution in [0, 0.1) is 0 Å². The molecule has 0 heterocycles. The summed E-state index contributed by atoms with van der Waals surface area (Å²) in [5.74, 6) is 0.295. The van der Waals surface area contributed by atoms with Crippen LogP contribution in [-0.4, -0.2) is 11.8 Å². The fourth-order valence-electron chi connectivity index (χ4n) is 3.46. The number of benzene rings is 3. The Morgan fingerprint density at radius 1 is 0.882 bits per heavy atom. The molecule has 0 aliphatic heterocycles. The van der Waals surface area contributed by atoms with Crippen LogP contribution in [0.2, 0.25) is 5.02 Å². The highest BCUT2D eigenvalue weighted by Crippen LogP contribution is 2.20. The van der Waals surface area contributed by atoms with Gasteiger partial charge in [0, 0.05) is 18.0 Å². The van der Waals surface area contributed by atoms with E-state index < -0.39 is 6.04 Å². The fraction of sp³-hybridized carbons (Fsp3) is 0.286. The summed E-state index contributed by atoms with van der Waals surface area (Å²) in [6, 6.07) is 23.7. The minimum Gasteiger partial charge on any atom is -0.489 e. The van der Waals surface area contributed by atoms with Gasteiger partial charge in [0.05, 0.1) is 0 Å². The van der Waals surface area contributed by atoms with Crippen LogP contribution in [0.4, 0.5) is 0 Å². The number of rotatable bonds is 12. The second-order valence-corrected chi connectivity index (χ2v) is 8.58. The van der Waals surface area contributed by atoms with E-state index in [1.165, 1.54) is 0 Å². The van der Waals surface area contributed by atoms with Crippen molar-refractivity contribution in [3.63, 3.8) is 0 Å². The zero-order valence-corrected chi connectivity index (χ0v) is 20.2. The van der Waals surface area contributed by atoms with E-state index in [0.717, 1.165) is 30.4 Å². The molecule has 2 N–H and O–H groups in total. The molecule has 0 unspecified atom stereocenters. The average molecular weight is 479 g/mol. The molecule has 3 rings (SSSR count). The molecular weight excluding hydrogens is 448 g/mol. The van der Waals surface area contributed by atoms with E-state index in [9.17, 15) is 9.59 Å². The summed E-state index contributed by atoms with van der Waals surface area (Å²) in [6.45, 7) is 2.89. The van der Waals surface area contributed by atoms with Crippen LogP contribution in [0.15, 0.2) is 78.9 Å². The van der Waals surface area contributed by atoms with Crippen molar-refractivity contribution in [2.75, 3.05) is 0 Å². The molecule has 0 fully saturated rings. The highest BCUT2D eigenvalue weighted by atomic mass is 35.5. The minimum atomic E-state index is -0.787. The number of amides is 2. The van der Waals surface area contributed by atoms with Crippen molar-refractivity contribution in [1.29, 1.82) is 0 Å². The normalized spacial score (nSPS) is 11.5. The summed E-state index contributed by atoms with van der Waals surface area (Å²) in [7, 11) is 0. The van der Waals surface area contributed by atoms with E-state index in [-0.39, 0.29) is 11.8 Å². The Bertz CT molecular complexity index is 1040. The summed E-state index contributed by atoms with van der Waals surface area (Å²) in [5, 5.41) is 6.47. The summed E-state index contributed by atoms with van der Waals surface area (Å²) in [6.07, 6.45) is 3.21. The third kappa shape index (κ3) is 8.23. The molecule has 0 saturated carbocycles. The summed E-state index contributed by atoms with van der Waals surface area (Å²) in [5.41, 5.74) is 2.70. The Balaban J connectivity index is 1.66. The zero-order chi connectivity index (χ0) is 24.2. The maximum Gasteiger partial charge on any atom is 0.247 e. The minimum absolute atomic E-state index is 0.135. The van der Waals surface area contributed by atoms with Gasteiger partial charge >= 0.3 is 0 Å². The van der Waals surface area contributed by atoms with Gasteiger partial charge in [0.15, 0.2) is 0 Å². The predicted octanol–water partition coefficient (Wildman–Crippen LogP) is 5.97. The van der Waals surface area contributed by atoms with Crippen molar-refractivity contribution >= 4 is 23.4 Å². The SMILES string of the molecule is CCCCCC(=O)N[C@H](C(=O)NCc1ccc(Cl)cc1)c1ccc(OCc2ccccc2)cc1. The number of nitrogens with one attached hydrogen (secondary N) is 2. The number of hydrogen-bond donors (Lipinski definition) is 2. The largest absolute Gasteiger partial charge is 0.489 e. The lowest BCUT2D eigenvalue weighted by Gasteiger charge is -2.19. The number of unbranched alkanes of at least 4 members (excludes halogenated alkanes) is 2. The van der Waals surface area contributed by atoms with Crippen molar-refractivity contribution in [1.82, 2.24) is 10.6 Å². The predicted molar refractivity (Wildman–Crippen MR) is 136 cm³/mol. The molecule has 0 saturated heterocycles. The van der Waals surface area contributed by atoms with Crippen LogP contribution in [0.1, 0.15) is 55.3 Å². The Morgan fingerprint density at radius 3 is 2.26 bits per heavy atom. The second kappa shape index (κ2) is 13.4. The molecular formula is C28H31ClN2O3. The standard InChI is InChI=1S/C28H31ClN2O3/c1-2-3-5-10-26(32)31-27(28(33)30-19-21-11-15-24(29)16-12-21)23-13-17-25(18-14-23)34-20-22-8-6-4-7-9-22/h4,6-9,11-18,27H,2-3,5,10,19-20H2,1H3,(H,30,33)(H,31,32)/t27-/m0/s1. The molecule has 0 radical (unpaired) electrons. The zero-order valence-electron chi connectivity index (χ0n) is 19.4. The van der Waals surface area contributed by atoms with Gasteiger partial charge in [0.25, 0.3) is 0 Å². The van der Waals surface area contributed by atoms with Gasteiger partial charge in [-0.1, -0.05) is 86.0 Å². The van der Waals surface area contributed by atoms with E-state index in [0.29, 0.717) is 35.9 Å². The van der Waals surface area contributed by atoms with Crippen LogP contribution in [0.5, 0.6) is 5.75 Å². The van der Waals surface area contributed by atoms with E-state index in [4.69, 9.17) is 16.3 Å². The van der Waals surface area contributed by atoms with Gasteiger partial charge in [0.1, 0.15) is 18.4 Å². The van der Waals surface area contributed by atoms with E-state index in [1.807, 2.05) is 66.7 Å². The Morgan fingerprint density at radius 2 is 1.59 bits per heavy atom. The highest BCUT2D eigenvalue weighted by molar-refractivity contribution is 6.30. The molecule has 0 aliphatic rings. The molecule has 0 spiro atoms. The smallest absolute Gasteiger partial charge is 0.247 e. The lowest BCUT2D eigenvalue weighted by Crippen LogP contribution is -2.40. The van der Waals surface area contributed by atoms with E-state index in [1.54, 1.807) is 12.1 Å². The monoisotopic (exact) mass is 478 g/mol. The number of carbonyl (C=O) groups is 2. The van der Waals surface area contributed by atoms with Crippen molar-refractivity contribution in [2.24, 2.45) is 0 Å². The Labute approximate surface area is 206 Å². The van der Waals surface area contributed by atoms with Crippen molar-refractivity contribution < 1.29 is 14.3 Å². The topological polar surface area (TPSA) is 67.4 Å². The van der Waals surface area contributed by atoms with Crippen LogP contribution in [-0.2, 0) is 22.7 Å². The van der Waals surface area contributed by atoms with E-state index in [2.05, 4.69) is 17.6 Å². The number of ether oxygens (including phenoxy) is 1. The van der Waals surface area contributed by atoms with Gasteiger partial charge < -0.3 is 15.4 Å². The molecule has 0 aliphatic carbocycles. The van der Waals surface area contributed by atoms with Crippen LogP contribution < -0.4 is 15.4 Å². The lowest BCUT2D eigenvalue weighted by molar-refractivity contribution is -0.129. The van der Waals surface area contributed by atoms with Gasteiger partial charge in [-0.25, -0.2) is 0 Å². The molecule has 3 aromatic rings. The van der Waals surface area contributed by atoms with E-state index >= 15 is 0 Å². The van der Waals surface area contributed by atoms with Crippen molar-refractivity contribution in [2.45, 2.75) is 51.8 Å². The number of halogens is 1. The molecule has 1 atom stereocenters. The number of carbonyl (C=O) groups excluding carboxylic acids is 2. The molecule has 5 nitrogen and oxygen atoms in total. The van der Waals surface area contributed by atoms with Crippen molar-refractivity contribution in [3.05, 3.63) is 101 Å². The second-order valence-electron chi connectivity index (χ2n) is 8.15. The summed E-state index contributed by atoms with van der Waals surface area (Å²) < 4.78 is 5.85. The number of hydrogen-bond acceptors (Lipinski definition) is 3. The van der Waals surface area contributed by atoms with Gasteiger partial charge in [0.2, 0.25) is 11.8 Å². The Kier molecular flexibility index (Phi) is 9.98. The first-order chi connectivity index (χ1) is 16.5. The third-order valence-corrected chi connectivity index (χ3v) is 5.67. The van der Waals surface area contributed by atoms with Crippen molar-refractivity contribution in [3.8, 4) is 5.75 Å². The molecule has 6 heteroatoms.